The summed E-state index contributed by atoms with van der Waals surface area (Å²) in [6.45, 7) is 0.983. The smallest absolute Gasteiger partial charge is 0.335 e. The van der Waals surface area contributed by atoms with Crippen LogP contribution in [0.2, 0.25) is 0 Å². The molecule has 0 saturated heterocycles. The van der Waals surface area contributed by atoms with E-state index in [1.807, 2.05) is 0 Å². The van der Waals surface area contributed by atoms with Crippen LogP contribution in [0.3, 0.4) is 0 Å². The molecular formula is C14H15BrClNO2. The first-order chi connectivity index (χ1) is 9.10. The van der Waals surface area contributed by atoms with Crippen LogP contribution in [0.1, 0.15) is 28.8 Å². The van der Waals surface area contributed by atoms with Crippen LogP contribution in [-0.4, -0.2) is 29.5 Å². The molecule has 2 aliphatic rings. The maximum Gasteiger partial charge on any atom is 0.335 e. The van der Waals surface area contributed by atoms with Gasteiger partial charge < -0.3 is 10.0 Å². The Morgan fingerprint density at radius 3 is 2.84 bits per heavy atom. The van der Waals surface area contributed by atoms with Crippen LogP contribution in [0.5, 0.6) is 0 Å². The first kappa shape index (κ1) is 13.3. The van der Waals surface area contributed by atoms with E-state index < -0.39 is 5.97 Å². The molecule has 1 fully saturated rings. The second-order valence-electron chi connectivity index (χ2n) is 5.36. The number of carboxylic acids is 1. The Kier molecular flexibility index (Phi) is 3.48. The fraction of sp³-hybridized carbons (Fsp3) is 0.500. The van der Waals surface area contributed by atoms with Crippen LogP contribution >= 0.6 is 27.5 Å². The van der Waals surface area contributed by atoms with Gasteiger partial charge in [0.25, 0.3) is 0 Å². The van der Waals surface area contributed by atoms with E-state index in [9.17, 15) is 4.79 Å². The number of benzene rings is 1. The Hall–Kier alpha value is -0.740. The highest BCUT2D eigenvalue weighted by atomic mass is 79.9. The summed E-state index contributed by atoms with van der Waals surface area (Å²) in [6.07, 6.45) is 3.23. The third-order valence-corrected chi connectivity index (χ3v) is 5.21. The van der Waals surface area contributed by atoms with Gasteiger partial charge in [-0.15, -0.1) is 11.6 Å². The zero-order valence-electron chi connectivity index (χ0n) is 10.4. The molecular weight excluding hydrogens is 330 g/mol. The number of hydrogen-bond donors (Lipinski definition) is 1. The van der Waals surface area contributed by atoms with Crippen molar-refractivity contribution < 1.29 is 9.90 Å². The van der Waals surface area contributed by atoms with Gasteiger partial charge in [-0.1, -0.05) is 0 Å². The van der Waals surface area contributed by atoms with Gasteiger partial charge in [-0.25, -0.2) is 4.79 Å². The van der Waals surface area contributed by atoms with Crippen molar-refractivity contribution in [1.29, 1.82) is 0 Å². The van der Waals surface area contributed by atoms with Crippen molar-refractivity contribution in [2.24, 2.45) is 5.92 Å². The highest BCUT2D eigenvalue weighted by molar-refractivity contribution is 9.10. The zero-order chi connectivity index (χ0) is 13.6. The molecule has 1 N–H and O–H groups in total. The molecule has 3 nitrogen and oxygen atoms in total. The number of halogens is 2. The largest absolute Gasteiger partial charge is 0.478 e. The third kappa shape index (κ3) is 2.25. The van der Waals surface area contributed by atoms with Gasteiger partial charge in [0.1, 0.15) is 0 Å². The van der Waals surface area contributed by atoms with Gasteiger partial charge in [-0.3, -0.25) is 0 Å². The molecule has 1 aliphatic heterocycles. The predicted molar refractivity (Wildman–Crippen MR) is 79.4 cm³/mol. The molecule has 1 saturated carbocycles. The lowest BCUT2D eigenvalue weighted by atomic mass is 9.80. The Balaban J connectivity index is 1.87. The van der Waals surface area contributed by atoms with Crippen LogP contribution in [0, 0.1) is 5.92 Å². The van der Waals surface area contributed by atoms with Crippen LogP contribution in [0.15, 0.2) is 16.6 Å². The lowest BCUT2D eigenvalue weighted by Crippen LogP contribution is -2.44. The second-order valence-corrected chi connectivity index (χ2v) is 6.52. The van der Waals surface area contributed by atoms with E-state index in [-0.39, 0.29) is 0 Å². The Labute approximate surface area is 125 Å². The number of aromatic carboxylic acids is 1. The van der Waals surface area contributed by atoms with E-state index in [0.717, 1.165) is 41.7 Å². The van der Waals surface area contributed by atoms with Gasteiger partial charge in [-0.05, 0) is 58.8 Å². The molecule has 102 valence electrons. The minimum Gasteiger partial charge on any atom is -0.478 e. The molecule has 19 heavy (non-hydrogen) atoms. The number of alkyl halides is 1. The molecule has 0 unspecified atom stereocenters. The van der Waals surface area contributed by atoms with Crippen molar-refractivity contribution in [2.75, 3.05) is 17.3 Å². The van der Waals surface area contributed by atoms with E-state index >= 15 is 0 Å². The normalized spacial score (nSPS) is 25.1. The quantitative estimate of drug-likeness (QED) is 0.853. The summed E-state index contributed by atoms with van der Waals surface area (Å²) < 4.78 is 0.897. The van der Waals surface area contributed by atoms with E-state index in [2.05, 4.69) is 20.8 Å². The van der Waals surface area contributed by atoms with Gasteiger partial charge in [0.2, 0.25) is 0 Å². The maximum atomic E-state index is 11.1. The Morgan fingerprint density at radius 2 is 2.21 bits per heavy atom. The molecule has 3 rings (SSSR count). The first-order valence-electron chi connectivity index (χ1n) is 6.48. The molecule has 0 spiro atoms. The Morgan fingerprint density at radius 1 is 1.47 bits per heavy atom. The number of carboxylic acid groups (broad SMARTS) is 1. The number of fused-ring (bicyclic) bond motifs is 1. The van der Waals surface area contributed by atoms with E-state index in [1.165, 1.54) is 5.69 Å². The molecule has 0 atom stereocenters. The van der Waals surface area contributed by atoms with E-state index in [0.29, 0.717) is 17.5 Å². The fourth-order valence-corrected chi connectivity index (χ4v) is 4.07. The van der Waals surface area contributed by atoms with Crippen LogP contribution < -0.4 is 4.90 Å². The summed E-state index contributed by atoms with van der Waals surface area (Å²) >= 11 is 9.40. The van der Waals surface area contributed by atoms with Gasteiger partial charge in [0.15, 0.2) is 0 Å². The minimum atomic E-state index is -0.868. The lowest BCUT2D eigenvalue weighted by molar-refractivity contribution is 0.0696. The van der Waals surface area contributed by atoms with Crippen LogP contribution in [0.25, 0.3) is 0 Å². The van der Waals surface area contributed by atoms with Gasteiger partial charge in [0, 0.05) is 22.9 Å². The monoisotopic (exact) mass is 343 g/mol. The number of hydrogen-bond acceptors (Lipinski definition) is 2. The number of rotatable bonds is 3. The molecule has 1 aromatic carbocycles. The zero-order valence-corrected chi connectivity index (χ0v) is 12.7. The summed E-state index contributed by atoms with van der Waals surface area (Å²) in [6, 6.07) is 4.08. The van der Waals surface area contributed by atoms with Gasteiger partial charge >= 0.3 is 5.97 Å². The molecule has 0 aromatic heterocycles. The van der Waals surface area contributed by atoms with Crippen molar-refractivity contribution >= 4 is 39.2 Å². The molecule has 1 heterocycles. The SMILES string of the molecule is O=C(O)c1cc(Br)c2c(c1)CCN2C1CC(CCl)C1. The maximum absolute atomic E-state index is 11.1. The number of carbonyl (C=O) groups is 1. The highest BCUT2D eigenvalue weighted by Gasteiger charge is 2.37. The Bertz CT molecular complexity index is 528. The van der Waals surface area contributed by atoms with Crippen molar-refractivity contribution in [3.8, 4) is 0 Å². The van der Waals surface area contributed by atoms with Crippen LogP contribution in [0.4, 0.5) is 5.69 Å². The molecule has 1 aromatic rings. The topological polar surface area (TPSA) is 40.5 Å². The number of nitrogens with zero attached hydrogens (tertiary/aromatic N) is 1. The summed E-state index contributed by atoms with van der Waals surface area (Å²) in [7, 11) is 0. The molecule has 0 radical (unpaired) electrons. The third-order valence-electron chi connectivity index (χ3n) is 4.17. The second kappa shape index (κ2) is 4.98. The standard InChI is InChI=1S/C14H15BrClNO2/c15-12-6-10(14(18)19)5-9-1-2-17(13(9)12)11-3-8(4-11)7-16/h5-6,8,11H,1-4,7H2,(H,18,19). The van der Waals surface area contributed by atoms with Crippen molar-refractivity contribution in [2.45, 2.75) is 25.3 Å². The minimum absolute atomic E-state index is 0.361. The molecule has 1 aliphatic carbocycles. The van der Waals surface area contributed by atoms with Crippen molar-refractivity contribution in [3.63, 3.8) is 0 Å². The lowest BCUT2D eigenvalue weighted by Gasteiger charge is -2.42. The predicted octanol–water partition coefficient (Wildman–Crippen LogP) is 3.53. The summed E-state index contributed by atoms with van der Waals surface area (Å²) in [4.78, 5) is 13.5. The molecule has 0 amide bonds. The van der Waals surface area contributed by atoms with E-state index in [1.54, 1.807) is 12.1 Å². The first-order valence-corrected chi connectivity index (χ1v) is 7.81. The number of anilines is 1. The van der Waals surface area contributed by atoms with Crippen molar-refractivity contribution in [3.05, 3.63) is 27.7 Å². The van der Waals surface area contributed by atoms with E-state index in [4.69, 9.17) is 16.7 Å². The summed E-state index contributed by atoms with van der Waals surface area (Å²) in [5, 5.41) is 9.09. The van der Waals surface area contributed by atoms with Crippen LogP contribution in [-0.2, 0) is 6.42 Å². The van der Waals surface area contributed by atoms with Gasteiger partial charge in [0.05, 0.1) is 11.3 Å². The summed E-state index contributed by atoms with van der Waals surface area (Å²) in [5.41, 5.74) is 2.68. The molecule has 5 heteroatoms. The highest BCUT2D eigenvalue weighted by Crippen LogP contribution is 2.43. The molecule has 0 bridgehead atoms. The average Bonchev–Trinajstić information content (AvgIpc) is 2.72. The summed E-state index contributed by atoms with van der Waals surface area (Å²) in [5.74, 6) is 0.525. The van der Waals surface area contributed by atoms with Crippen molar-refractivity contribution in [1.82, 2.24) is 0 Å². The fourth-order valence-electron chi connectivity index (χ4n) is 3.09. The average molecular weight is 345 g/mol. The van der Waals surface area contributed by atoms with Gasteiger partial charge in [-0.2, -0.15) is 0 Å².